The van der Waals surface area contributed by atoms with Crippen LogP contribution in [0.5, 0.6) is 5.75 Å². The topological polar surface area (TPSA) is 26.3 Å². The van der Waals surface area contributed by atoms with Gasteiger partial charge < -0.3 is 4.74 Å². The van der Waals surface area contributed by atoms with Crippen molar-refractivity contribution in [1.82, 2.24) is 0 Å². The van der Waals surface area contributed by atoms with Crippen LogP contribution in [-0.4, -0.2) is 5.97 Å². The molecule has 0 unspecified atom stereocenters. The normalized spacial score (nSPS) is 10.7. The molecule has 2 nitrogen and oxygen atoms in total. The van der Waals surface area contributed by atoms with Crippen LogP contribution < -0.4 is 4.74 Å². The second-order valence-corrected chi connectivity index (χ2v) is 4.18. The molecule has 0 aliphatic rings. The standard InChI is InChI=1S/C13H13F5O2/c1-2-3-4-5-6-7(19)20-13-11(17)9(15)8(14)10(16)12(13)18/h2-6H2,1H3. The van der Waals surface area contributed by atoms with E-state index in [-0.39, 0.29) is 6.42 Å². The van der Waals surface area contributed by atoms with Gasteiger partial charge in [-0.05, 0) is 6.42 Å². The molecule has 0 aliphatic heterocycles. The molecule has 0 bridgehead atoms. The molecule has 0 amide bonds. The van der Waals surface area contributed by atoms with Crippen LogP contribution in [0.2, 0.25) is 0 Å². The van der Waals surface area contributed by atoms with Crippen LogP contribution >= 0.6 is 0 Å². The van der Waals surface area contributed by atoms with E-state index in [0.717, 1.165) is 12.8 Å². The maximum Gasteiger partial charge on any atom is 0.311 e. The number of carbonyl (C=O) groups excluding carboxylic acids is 1. The summed E-state index contributed by atoms with van der Waals surface area (Å²) in [5.74, 6) is -13.5. The Morgan fingerprint density at radius 3 is 1.85 bits per heavy atom. The highest BCUT2D eigenvalue weighted by Gasteiger charge is 2.28. The molecule has 20 heavy (non-hydrogen) atoms. The predicted octanol–water partition coefficient (Wildman–Crippen LogP) is 4.26. The van der Waals surface area contributed by atoms with Gasteiger partial charge in [-0.15, -0.1) is 0 Å². The molecule has 0 aliphatic carbocycles. The average molecular weight is 296 g/mol. The van der Waals surface area contributed by atoms with Crippen LogP contribution in [0.25, 0.3) is 0 Å². The lowest BCUT2D eigenvalue weighted by Crippen LogP contribution is -2.13. The first kappa shape index (κ1) is 16.4. The lowest BCUT2D eigenvalue weighted by molar-refractivity contribution is -0.135. The zero-order valence-electron chi connectivity index (χ0n) is 10.7. The third-order valence-electron chi connectivity index (χ3n) is 2.62. The van der Waals surface area contributed by atoms with Gasteiger partial charge >= 0.3 is 5.97 Å². The zero-order chi connectivity index (χ0) is 15.3. The third kappa shape index (κ3) is 3.68. The van der Waals surface area contributed by atoms with Crippen LogP contribution in [-0.2, 0) is 4.79 Å². The van der Waals surface area contributed by atoms with Crippen LogP contribution in [0.15, 0.2) is 0 Å². The van der Waals surface area contributed by atoms with Crippen LogP contribution in [0, 0.1) is 29.1 Å². The number of ether oxygens (including phenoxy) is 1. The van der Waals surface area contributed by atoms with Crippen molar-refractivity contribution in [1.29, 1.82) is 0 Å². The summed E-state index contributed by atoms with van der Waals surface area (Å²) in [6.07, 6.45) is 2.77. The van der Waals surface area contributed by atoms with Gasteiger partial charge in [-0.2, -0.15) is 8.78 Å². The van der Waals surface area contributed by atoms with Gasteiger partial charge in [0.1, 0.15) is 0 Å². The summed E-state index contributed by atoms with van der Waals surface area (Å²) in [6, 6.07) is 0. The molecule has 0 aromatic heterocycles. The first-order chi connectivity index (χ1) is 9.40. The van der Waals surface area contributed by atoms with E-state index in [4.69, 9.17) is 0 Å². The smallest absolute Gasteiger partial charge is 0.311 e. The molecular formula is C13H13F5O2. The second kappa shape index (κ2) is 7.21. The van der Waals surface area contributed by atoms with Crippen LogP contribution in [0.1, 0.15) is 39.0 Å². The molecule has 0 N–H and O–H groups in total. The minimum Gasteiger partial charge on any atom is -0.420 e. The van der Waals surface area contributed by atoms with Crippen molar-refractivity contribution in [3.8, 4) is 5.75 Å². The van der Waals surface area contributed by atoms with Gasteiger partial charge in [-0.1, -0.05) is 26.2 Å². The van der Waals surface area contributed by atoms with Crippen molar-refractivity contribution in [3.05, 3.63) is 29.1 Å². The first-order valence-electron chi connectivity index (χ1n) is 6.12. The summed E-state index contributed by atoms with van der Waals surface area (Å²) in [5, 5.41) is 0. The number of benzene rings is 1. The van der Waals surface area contributed by atoms with Gasteiger partial charge in [0.15, 0.2) is 0 Å². The fraction of sp³-hybridized carbons (Fsp3) is 0.462. The van der Waals surface area contributed by atoms with Gasteiger partial charge in [0.05, 0.1) is 0 Å². The fourth-order valence-corrected chi connectivity index (χ4v) is 1.54. The van der Waals surface area contributed by atoms with E-state index in [1.807, 2.05) is 6.92 Å². The molecule has 0 saturated heterocycles. The molecule has 1 aromatic carbocycles. The first-order valence-corrected chi connectivity index (χ1v) is 6.12. The largest absolute Gasteiger partial charge is 0.420 e. The van der Waals surface area contributed by atoms with Gasteiger partial charge in [0, 0.05) is 6.42 Å². The Balaban J connectivity index is 2.80. The predicted molar refractivity (Wildman–Crippen MR) is 60.6 cm³/mol. The summed E-state index contributed by atoms with van der Waals surface area (Å²) in [4.78, 5) is 11.3. The summed E-state index contributed by atoms with van der Waals surface area (Å²) >= 11 is 0. The van der Waals surface area contributed by atoms with Gasteiger partial charge in [0.25, 0.3) is 0 Å². The highest BCUT2D eigenvalue weighted by Crippen LogP contribution is 2.29. The molecule has 0 heterocycles. The summed E-state index contributed by atoms with van der Waals surface area (Å²) < 4.78 is 69.1. The number of rotatable bonds is 6. The molecule has 7 heteroatoms. The Bertz CT molecular complexity index is 473. The molecule has 112 valence electrons. The SMILES string of the molecule is CCCCCCC(=O)Oc1c(F)c(F)c(F)c(F)c1F. The minimum absolute atomic E-state index is 0.153. The van der Waals surface area contributed by atoms with E-state index < -0.39 is 40.8 Å². The van der Waals surface area contributed by atoms with Crippen LogP contribution in [0.4, 0.5) is 22.0 Å². The molecular weight excluding hydrogens is 283 g/mol. The minimum atomic E-state index is -2.29. The average Bonchev–Trinajstić information content (AvgIpc) is 2.44. The third-order valence-corrected chi connectivity index (χ3v) is 2.62. The highest BCUT2D eigenvalue weighted by molar-refractivity contribution is 5.72. The second-order valence-electron chi connectivity index (χ2n) is 4.18. The van der Waals surface area contributed by atoms with Gasteiger partial charge in [-0.25, -0.2) is 13.2 Å². The van der Waals surface area contributed by atoms with E-state index in [1.54, 1.807) is 0 Å². The number of esters is 1. The molecule has 0 atom stereocenters. The summed E-state index contributed by atoms with van der Waals surface area (Å²) in [6.45, 7) is 1.95. The Hall–Kier alpha value is -1.66. The number of halogens is 5. The van der Waals surface area contributed by atoms with Crippen molar-refractivity contribution in [2.75, 3.05) is 0 Å². The molecule has 1 rings (SSSR count). The quantitative estimate of drug-likeness (QED) is 0.196. The molecule has 1 aromatic rings. The van der Waals surface area contributed by atoms with Crippen molar-refractivity contribution in [2.45, 2.75) is 39.0 Å². The van der Waals surface area contributed by atoms with E-state index in [0.29, 0.717) is 12.8 Å². The number of carbonyl (C=O) groups is 1. The molecule has 0 saturated carbocycles. The van der Waals surface area contributed by atoms with E-state index >= 15 is 0 Å². The van der Waals surface area contributed by atoms with Crippen molar-refractivity contribution >= 4 is 5.97 Å². The Morgan fingerprint density at radius 2 is 1.35 bits per heavy atom. The monoisotopic (exact) mass is 296 g/mol. The number of unbranched alkanes of at least 4 members (excludes halogenated alkanes) is 3. The van der Waals surface area contributed by atoms with E-state index in [9.17, 15) is 26.7 Å². The molecule has 0 spiro atoms. The van der Waals surface area contributed by atoms with Gasteiger partial charge in [0.2, 0.25) is 34.8 Å². The Labute approximate surface area is 112 Å². The lowest BCUT2D eigenvalue weighted by Gasteiger charge is -2.08. The van der Waals surface area contributed by atoms with Crippen LogP contribution in [0.3, 0.4) is 0 Å². The maximum atomic E-state index is 13.2. The van der Waals surface area contributed by atoms with Crippen molar-refractivity contribution < 1.29 is 31.5 Å². The van der Waals surface area contributed by atoms with Gasteiger partial charge in [-0.3, -0.25) is 4.79 Å². The number of hydrogen-bond donors (Lipinski definition) is 0. The van der Waals surface area contributed by atoms with Crippen molar-refractivity contribution in [3.63, 3.8) is 0 Å². The Morgan fingerprint density at radius 1 is 0.850 bits per heavy atom. The highest BCUT2D eigenvalue weighted by atomic mass is 19.2. The zero-order valence-corrected chi connectivity index (χ0v) is 10.7. The molecule has 0 fully saturated rings. The summed E-state index contributed by atoms with van der Waals surface area (Å²) in [7, 11) is 0. The fourth-order valence-electron chi connectivity index (χ4n) is 1.54. The molecule has 0 radical (unpaired) electrons. The summed E-state index contributed by atoms with van der Waals surface area (Å²) in [5.41, 5.74) is 0. The number of hydrogen-bond acceptors (Lipinski definition) is 2. The van der Waals surface area contributed by atoms with E-state index in [2.05, 4.69) is 4.74 Å². The lowest BCUT2D eigenvalue weighted by atomic mass is 10.1. The Kier molecular flexibility index (Phi) is 5.91. The van der Waals surface area contributed by atoms with Crippen molar-refractivity contribution in [2.24, 2.45) is 0 Å². The van der Waals surface area contributed by atoms with E-state index in [1.165, 1.54) is 0 Å². The maximum absolute atomic E-state index is 13.2.